The minimum atomic E-state index is -4.36. The molecule has 0 radical (unpaired) electrons. The normalized spacial score (nSPS) is 13.0. The Hall–Kier alpha value is -2.41. The number of hydrogen-bond donors (Lipinski definition) is 0. The molecule has 3 aromatic rings. The highest BCUT2D eigenvalue weighted by molar-refractivity contribution is 6.29. The monoisotopic (exact) mass is 367 g/mol. The molecule has 0 spiro atoms. The van der Waals surface area contributed by atoms with Gasteiger partial charge in [-0.2, -0.15) is 13.2 Å². The maximum absolute atomic E-state index is 12.6. The molecule has 130 valence electrons. The summed E-state index contributed by atoms with van der Waals surface area (Å²) in [4.78, 5) is 12.4. The molecule has 2 aromatic heterocycles. The lowest BCUT2D eigenvalue weighted by atomic mass is 9.98. The van der Waals surface area contributed by atoms with Crippen LogP contribution < -0.4 is 0 Å². The number of halogens is 4. The van der Waals surface area contributed by atoms with Gasteiger partial charge < -0.3 is 4.42 Å². The molecule has 1 aromatic carbocycles. The highest BCUT2D eigenvalue weighted by Crippen LogP contribution is 2.32. The summed E-state index contributed by atoms with van der Waals surface area (Å²) in [7, 11) is 0. The highest BCUT2D eigenvalue weighted by Gasteiger charge is 2.30. The summed E-state index contributed by atoms with van der Waals surface area (Å²) in [5.74, 6) is 1.02. The van der Waals surface area contributed by atoms with Gasteiger partial charge in [-0.15, -0.1) is 0 Å². The van der Waals surface area contributed by atoms with Gasteiger partial charge in [0.2, 0.25) is 5.89 Å². The summed E-state index contributed by atoms with van der Waals surface area (Å²) < 4.78 is 43.7. The van der Waals surface area contributed by atoms with Crippen LogP contribution >= 0.6 is 11.6 Å². The van der Waals surface area contributed by atoms with Crippen LogP contribution in [0.25, 0.3) is 11.6 Å². The number of aromatic nitrogens is 3. The van der Waals surface area contributed by atoms with Crippen molar-refractivity contribution in [2.75, 3.05) is 0 Å². The minimum absolute atomic E-state index is 0.262. The van der Waals surface area contributed by atoms with Crippen molar-refractivity contribution in [2.45, 2.75) is 25.9 Å². The lowest BCUT2D eigenvalue weighted by molar-refractivity contribution is -0.137. The van der Waals surface area contributed by atoms with Gasteiger partial charge >= 0.3 is 6.18 Å². The van der Waals surface area contributed by atoms with Crippen LogP contribution in [0.3, 0.4) is 0 Å². The van der Waals surface area contributed by atoms with Gasteiger partial charge in [-0.25, -0.2) is 15.0 Å². The van der Waals surface area contributed by atoms with Gasteiger partial charge in [0.05, 0.1) is 11.8 Å². The first kappa shape index (κ1) is 17.4. The number of aryl methyl sites for hydroxylation is 1. The molecular weight excluding hydrogens is 355 g/mol. The Labute approximate surface area is 146 Å². The van der Waals surface area contributed by atoms with Crippen LogP contribution in [-0.2, 0) is 6.18 Å². The summed E-state index contributed by atoms with van der Waals surface area (Å²) in [6.07, 6.45) is -2.83. The summed E-state index contributed by atoms with van der Waals surface area (Å²) >= 11 is 5.90. The van der Waals surface area contributed by atoms with E-state index in [9.17, 15) is 13.2 Å². The summed E-state index contributed by atoms with van der Waals surface area (Å²) in [5, 5.41) is 0.276. The third kappa shape index (κ3) is 3.82. The van der Waals surface area contributed by atoms with Crippen molar-refractivity contribution in [2.24, 2.45) is 0 Å². The number of hydrogen-bond acceptors (Lipinski definition) is 4. The maximum atomic E-state index is 12.6. The van der Waals surface area contributed by atoms with Crippen molar-refractivity contribution in [3.63, 3.8) is 0 Å². The van der Waals surface area contributed by atoms with Gasteiger partial charge in [0.15, 0.2) is 0 Å². The first-order valence-electron chi connectivity index (χ1n) is 7.38. The van der Waals surface area contributed by atoms with Gasteiger partial charge in [-0.3, -0.25) is 0 Å². The first-order chi connectivity index (χ1) is 11.7. The third-order valence-corrected chi connectivity index (χ3v) is 3.91. The topological polar surface area (TPSA) is 51.8 Å². The Morgan fingerprint density at radius 1 is 1.12 bits per heavy atom. The molecule has 4 nitrogen and oxygen atoms in total. The average molecular weight is 368 g/mol. The van der Waals surface area contributed by atoms with E-state index in [1.54, 1.807) is 6.92 Å². The standard InChI is InChI=1S/C17H13ClF3N3O/c1-9(11-3-5-12(6-4-11)17(19,20)21)14-8-22-16(25-14)13-7-15(18)24-10(2)23-13/h3-9H,1-2H3. The zero-order chi connectivity index (χ0) is 18.2. The van der Waals surface area contributed by atoms with Crippen LogP contribution in [0.15, 0.2) is 40.9 Å². The van der Waals surface area contributed by atoms with Crippen molar-refractivity contribution in [3.8, 4) is 11.6 Å². The van der Waals surface area contributed by atoms with E-state index in [0.717, 1.165) is 12.1 Å². The van der Waals surface area contributed by atoms with E-state index >= 15 is 0 Å². The SMILES string of the molecule is Cc1nc(Cl)cc(-c2ncc(C(C)c3ccc(C(F)(F)F)cc3)o2)n1. The second-order valence-corrected chi connectivity index (χ2v) is 5.92. The molecule has 8 heteroatoms. The lowest BCUT2D eigenvalue weighted by Gasteiger charge is -2.11. The van der Waals surface area contributed by atoms with Gasteiger partial charge in [0, 0.05) is 12.0 Å². The van der Waals surface area contributed by atoms with E-state index < -0.39 is 11.7 Å². The van der Waals surface area contributed by atoms with Crippen molar-refractivity contribution >= 4 is 11.6 Å². The minimum Gasteiger partial charge on any atom is -0.439 e. The molecule has 1 atom stereocenters. The summed E-state index contributed by atoms with van der Waals surface area (Å²) in [6.45, 7) is 3.52. The number of rotatable bonds is 3. The average Bonchev–Trinajstić information content (AvgIpc) is 3.02. The molecule has 25 heavy (non-hydrogen) atoms. The fourth-order valence-corrected chi connectivity index (χ4v) is 2.60. The smallest absolute Gasteiger partial charge is 0.416 e. The zero-order valence-corrected chi connectivity index (χ0v) is 14.1. The van der Waals surface area contributed by atoms with Crippen molar-refractivity contribution < 1.29 is 17.6 Å². The predicted octanol–water partition coefficient (Wildman–Crippen LogP) is 5.26. The van der Waals surface area contributed by atoms with Crippen LogP contribution in [0.5, 0.6) is 0 Å². The van der Waals surface area contributed by atoms with Gasteiger partial charge in [-0.1, -0.05) is 30.7 Å². The van der Waals surface area contributed by atoms with E-state index in [1.807, 2.05) is 6.92 Å². The molecule has 2 heterocycles. The van der Waals surface area contributed by atoms with Crippen molar-refractivity contribution in [1.82, 2.24) is 15.0 Å². The molecule has 1 unspecified atom stereocenters. The molecular formula is C17H13ClF3N3O. The van der Waals surface area contributed by atoms with Gasteiger partial charge in [0.1, 0.15) is 22.4 Å². The molecule has 0 saturated carbocycles. The second-order valence-electron chi connectivity index (χ2n) is 5.53. The second kappa shape index (κ2) is 6.48. The van der Waals surface area contributed by atoms with E-state index in [4.69, 9.17) is 16.0 Å². The van der Waals surface area contributed by atoms with Crippen LogP contribution in [-0.4, -0.2) is 15.0 Å². The summed E-state index contributed by atoms with van der Waals surface area (Å²) in [5.41, 5.74) is 0.448. The molecule has 0 bridgehead atoms. The van der Waals surface area contributed by atoms with Gasteiger partial charge in [-0.05, 0) is 24.6 Å². The fraction of sp³-hybridized carbons (Fsp3) is 0.235. The number of benzene rings is 1. The molecule has 0 N–H and O–H groups in total. The zero-order valence-electron chi connectivity index (χ0n) is 13.3. The highest BCUT2D eigenvalue weighted by atomic mass is 35.5. The molecule has 0 saturated heterocycles. The van der Waals surface area contributed by atoms with Crippen LogP contribution in [0.4, 0.5) is 13.2 Å². The van der Waals surface area contributed by atoms with Crippen LogP contribution in [0.2, 0.25) is 5.15 Å². The quantitative estimate of drug-likeness (QED) is 0.592. The molecule has 3 rings (SSSR count). The van der Waals surface area contributed by atoms with Crippen molar-refractivity contribution in [1.29, 1.82) is 0 Å². The third-order valence-electron chi connectivity index (χ3n) is 3.71. The Bertz CT molecular complexity index is 871. The Morgan fingerprint density at radius 2 is 1.80 bits per heavy atom. The molecule has 0 aliphatic carbocycles. The van der Waals surface area contributed by atoms with E-state index in [2.05, 4.69) is 15.0 Å². The van der Waals surface area contributed by atoms with E-state index in [0.29, 0.717) is 22.8 Å². The predicted molar refractivity (Wildman–Crippen MR) is 86.2 cm³/mol. The molecule has 0 aliphatic heterocycles. The summed E-state index contributed by atoms with van der Waals surface area (Å²) in [6, 6.07) is 6.50. The maximum Gasteiger partial charge on any atom is 0.416 e. The largest absolute Gasteiger partial charge is 0.439 e. The van der Waals surface area contributed by atoms with E-state index in [1.165, 1.54) is 24.4 Å². The Kier molecular flexibility index (Phi) is 4.51. The van der Waals surface area contributed by atoms with Crippen molar-refractivity contribution in [3.05, 3.63) is 64.4 Å². The number of alkyl halides is 3. The molecule has 0 amide bonds. The Balaban J connectivity index is 1.86. The fourth-order valence-electron chi connectivity index (χ4n) is 2.37. The van der Waals surface area contributed by atoms with E-state index in [-0.39, 0.29) is 17.0 Å². The number of oxazole rings is 1. The van der Waals surface area contributed by atoms with Crippen LogP contribution in [0, 0.1) is 6.92 Å². The Morgan fingerprint density at radius 3 is 2.40 bits per heavy atom. The van der Waals surface area contributed by atoms with Gasteiger partial charge in [0.25, 0.3) is 0 Å². The lowest BCUT2D eigenvalue weighted by Crippen LogP contribution is -2.05. The molecule has 0 fully saturated rings. The number of nitrogens with zero attached hydrogens (tertiary/aromatic N) is 3. The first-order valence-corrected chi connectivity index (χ1v) is 7.76. The van der Waals surface area contributed by atoms with Crippen LogP contribution in [0.1, 0.15) is 35.6 Å². The molecule has 0 aliphatic rings.